The topological polar surface area (TPSA) is 32.3 Å². The first-order chi connectivity index (χ1) is 8.81. The van der Waals surface area contributed by atoms with E-state index < -0.39 is 0 Å². The van der Waals surface area contributed by atoms with E-state index in [9.17, 15) is 5.11 Å². The molecule has 0 aliphatic heterocycles. The van der Waals surface area contributed by atoms with Crippen LogP contribution in [0.15, 0.2) is 0 Å². The summed E-state index contributed by atoms with van der Waals surface area (Å²) in [6, 6.07) is 0. The Hall–Kier alpha value is -0.0800. The predicted molar refractivity (Wildman–Crippen MR) is 81.0 cm³/mol. The van der Waals surface area contributed by atoms with Crippen molar-refractivity contribution in [1.82, 2.24) is 5.32 Å². The van der Waals surface area contributed by atoms with Gasteiger partial charge in [0.05, 0.1) is 6.10 Å². The molecule has 0 bridgehead atoms. The van der Waals surface area contributed by atoms with Gasteiger partial charge in [0, 0.05) is 6.54 Å². The first-order valence-corrected chi connectivity index (χ1v) is 8.20. The van der Waals surface area contributed by atoms with Crippen LogP contribution in [0.5, 0.6) is 0 Å². The molecule has 0 aromatic carbocycles. The van der Waals surface area contributed by atoms with Gasteiger partial charge in [-0.1, -0.05) is 71.6 Å². The van der Waals surface area contributed by atoms with Gasteiger partial charge in [-0.3, -0.25) is 0 Å². The standard InChI is InChI=1S/C16H35NO/c1-3-5-7-8-9-10-11-12-14-17-15-16(18)13-6-4-2/h16-18H,3-15H2,1-2H3. The average Bonchev–Trinajstić information content (AvgIpc) is 2.38. The smallest absolute Gasteiger partial charge is 0.0664 e. The molecule has 18 heavy (non-hydrogen) atoms. The minimum atomic E-state index is -0.140. The Bertz CT molecular complexity index is 150. The monoisotopic (exact) mass is 257 g/mol. The number of aliphatic hydroxyl groups is 1. The van der Waals surface area contributed by atoms with Crippen LogP contribution in [-0.2, 0) is 0 Å². The van der Waals surface area contributed by atoms with Gasteiger partial charge in [-0.25, -0.2) is 0 Å². The molecule has 1 atom stereocenters. The summed E-state index contributed by atoms with van der Waals surface area (Å²) in [4.78, 5) is 0. The van der Waals surface area contributed by atoms with E-state index in [-0.39, 0.29) is 6.10 Å². The van der Waals surface area contributed by atoms with Gasteiger partial charge in [0.2, 0.25) is 0 Å². The van der Waals surface area contributed by atoms with E-state index in [1.165, 1.54) is 57.8 Å². The lowest BCUT2D eigenvalue weighted by Gasteiger charge is -2.11. The van der Waals surface area contributed by atoms with Crippen molar-refractivity contribution < 1.29 is 5.11 Å². The summed E-state index contributed by atoms with van der Waals surface area (Å²) >= 11 is 0. The van der Waals surface area contributed by atoms with Gasteiger partial charge in [-0.05, 0) is 19.4 Å². The van der Waals surface area contributed by atoms with Crippen LogP contribution in [0, 0.1) is 0 Å². The number of nitrogens with one attached hydrogen (secondary N) is 1. The molecule has 1 unspecified atom stereocenters. The lowest BCUT2D eigenvalue weighted by atomic mass is 10.1. The van der Waals surface area contributed by atoms with E-state index in [2.05, 4.69) is 19.2 Å². The Morgan fingerprint density at radius 1 is 0.778 bits per heavy atom. The lowest BCUT2D eigenvalue weighted by molar-refractivity contribution is 0.158. The zero-order chi connectivity index (χ0) is 13.5. The maximum atomic E-state index is 9.64. The van der Waals surface area contributed by atoms with Crippen LogP contribution in [-0.4, -0.2) is 24.3 Å². The van der Waals surface area contributed by atoms with Gasteiger partial charge in [0.25, 0.3) is 0 Å². The van der Waals surface area contributed by atoms with Crippen LogP contribution in [0.4, 0.5) is 0 Å². The number of hydrogen-bond acceptors (Lipinski definition) is 2. The van der Waals surface area contributed by atoms with Crippen LogP contribution >= 0.6 is 0 Å². The molecule has 0 amide bonds. The summed E-state index contributed by atoms with van der Waals surface area (Å²) < 4.78 is 0. The number of unbranched alkanes of at least 4 members (excludes halogenated alkanes) is 8. The molecule has 0 aromatic rings. The number of rotatable bonds is 14. The van der Waals surface area contributed by atoms with Crippen molar-refractivity contribution in [2.24, 2.45) is 0 Å². The highest BCUT2D eigenvalue weighted by atomic mass is 16.3. The summed E-state index contributed by atoms with van der Waals surface area (Å²) in [5.41, 5.74) is 0. The van der Waals surface area contributed by atoms with Crippen molar-refractivity contribution in [1.29, 1.82) is 0 Å². The molecule has 0 fully saturated rings. The third-order valence-corrected chi connectivity index (χ3v) is 3.48. The minimum absolute atomic E-state index is 0.140. The minimum Gasteiger partial charge on any atom is -0.392 e. The molecule has 0 heterocycles. The highest BCUT2D eigenvalue weighted by Gasteiger charge is 2.01. The molecule has 0 aliphatic carbocycles. The lowest BCUT2D eigenvalue weighted by Crippen LogP contribution is -2.27. The summed E-state index contributed by atoms with van der Waals surface area (Å²) in [7, 11) is 0. The highest BCUT2D eigenvalue weighted by Crippen LogP contribution is 2.07. The third kappa shape index (κ3) is 14.0. The quantitative estimate of drug-likeness (QED) is 0.456. The van der Waals surface area contributed by atoms with Crippen LogP contribution in [0.2, 0.25) is 0 Å². The maximum Gasteiger partial charge on any atom is 0.0664 e. The third-order valence-electron chi connectivity index (χ3n) is 3.48. The molecule has 0 saturated carbocycles. The Morgan fingerprint density at radius 2 is 1.33 bits per heavy atom. The summed E-state index contributed by atoms with van der Waals surface area (Å²) in [6.07, 6.45) is 14.1. The summed E-state index contributed by atoms with van der Waals surface area (Å²) in [5.74, 6) is 0. The van der Waals surface area contributed by atoms with E-state index in [4.69, 9.17) is 0 Å². The second-order valence-electron chi connectivity index (χ2n) is 5.48. The second kappa shape index (κ2) is 15.0. The van der Waals surface area contributed by atoms with Crippen LogP contribution in [0.25, 0.3) is 0 Å². The van der Waals surface area contributed by atoms with Crippen molar-refractivity contribution in [3.63, 3.8) is 0 Å². The predicted octanol–water partition coefficient (Wildman–Crippen LogP) is 4.27. The Balaban J connectivity index is 3.02. The van der Waals surface area contributed by atoms with Crippen molar-refractivity contribution >= 4 is 0 Å². The molecule has 0 saturated heterocycles. The molecule has 2 heteroatoms. The first-order valence-electron chi connectivity index (χ1n) is 8.20. The summed E-state index contributed by atoms with van der Waals surface area (Å²) in [6.45, 7) is 6.27. The van der Waals surface area contributed by atoms with Crippen molar-refractivity contribution in [3.8, 4) is 0 Å². The molecule has 0 aliphatic rings. The fraction of sp³-hybridized carbons (Fsp3) is 1.00. The molecule has 110 valence electrons. The van der Waals surface area contributed by atoms with Gasteiger partial charge < -0.3 is 10.4 Å². The van der Waals surface area contributed by atoms with Gasteiger partial charge in [-0.15, -0.1) is 0 Å². The zero-order valence-electron chi connectivity index (χ0n) is 12.7. The van der Waals surface area contributed by atoms with E-state index in [0.29, 0.717) is 0 Å². The summed E-state index contributed by atoms with van der Waals surface area (Å²) in [5, 5.41) is 13.0. The molecule has 0 aromatic heterocycles. The fourth-order valence-corrected chi connectivity index (χ4v) is 2.19. The largest absolute Gasteiger partial charge is 0.392 e. The highest BCUT2D eigenvalue weighted by molar-refractivity contribution is 4.59. The van der Waals surface area contributed by atoms with E-state index in [0.717, 1.165) is 25.9 Å². The molecule has 0 rings (SSSR count). The zero-order valence-corrected chi connectivity index (χ0v) is 12.7. The average molecular weight is 257 g/mol. The fourth-order valence-electron chi connectivity index (χ4n) is 2.19. The van der Waals surface area contributed by atoms with E-state index in [1.807, 2.05) is 0 Å². The van der Waals surface area contributed by atoms with Gasteiger partial charge in [-0.2, -0.15) is 0 Å². The van der Waals surface area contributed by atoms with E-state index >= 15 is 0 Å². The van der Waals surface area contributed by atoms with Gasteiger partial charge >= 0.3 is 0 Å². The molecule has 2 N–H and O–H groups in total. The van der Waals surface area contributed by atoms with E-state index in [1.54, 1.807) is 0 Å². The normalized spacial score (nSPS) is 12.8. The molecule has 0 spiro atoms. The van der Waals surface area contributed by atoms with Gasteiger partial charge in [0.1, 0.15) is 0 Å². The van der Waals surface area contributed by atoms with Crippen molar-refractivity contribution in [2.75, 3.05) is 13.1 Å². The second-order valence-corrected chi connectivity index (χ2v) is 5.48. The Kier molecular flexibility index (Phi) is 14.9. The number of aliphatic hydroxyl groups excluding tert-OH is 1. The van der Waals surface area contributed by atoms with Crippen LogP contribution in [0.1, 0.15) is 84.5 Å². The Morgan fingerprint density at radius 3 is 1.94 bits per heavy atom. The maximum absolute atomic E-state index is 9.64. The SMILES string of the molecule is CCCCCCCCCCNCC(O)CCCC. The molecular formula is C16H35NO. The Labute approximate surface area is 115 Å². The van der Waals surface area contributed by atoms with Crippen LogP contribution < -0.4 is 5.32 Å². The van der Waals surface area contributed by atoms with Crippen molar-refractivity contribution in [2.45, 2.75) is 90.6 Å². The molecule has 2 nitrogen and oxygen atoms in total. The van der Waals surface area contributed by atoms with Crippen molar-refractivity contribution in [3.05, 3.63) is 0 Å². The van der Waals surface area contributed by atoms with Crippen LogP contribution in [0.3, 0.4) is 0 Å². The molecular weight excluding hydrogens is 222 g/mol. The molecule has 0 radical (unpaired) electrons. The number of hydrogen-bond donors (Lipinski definition) is 2. The first kappa shape index (κ1) is 17.9. The van der Waals surface area contributed by atoms with Gasteiger partial charge in [0.15, 0.2) is 0 Å².